The van der Waals surface area contributed by atoms with Gasteiger partial charge in [0.2, 0.25) is 6.41 Å². The van der Waals surface area contributed by atoms with Gasteiger partial charge in [-0.1, -0.05) is 12.1 Å². The Hall–Kier alpha value is -1.35. The van der Waals surface area contributed by atoms with Gasteiger partial charge in [0.05, 0.1) is 12.7 Å². The monoisotopic (exact) mass is 193 g/mol. The molecule has 0 radical (unpaired) electrons. The molecule has 1 amide bonds. The second-order valence-corrected chi connectivity index (χ2v) is 3.32. The van der Waals surface area contributed by atoms with Crippen molar-refractivity contribution in [3.05, 3.63) is 29.8 Å². The van der Waals surface area contributed by atoms with E-state index in [9.17, 15) is 4.79 Å². The number of amides is 1. The third kappa shape index (κ3) is 3.58. The standard InChI is InChI=1S/C11H15NO2/c1-9(2)14-7-10-3-5-11(6-4-10)12-8-13/h3-6,8-9H,7H2,1-2H3,(H,12,13). The molecule has 0 aliphatic carbocycles. The Morgan fingerprint density at radius 2 is 2.00 bits per heavy atom. The van der Waals surface area contributed by atoms with Gasteiger partial charge in [0.25, 0.3) is 0 Å². The van der Waals surface area contributed by atoms with Crippen molar-refractivity contribution in [1.82, 2.24) is 0 Å². The van der Waals surface area contributed by atoms with E-state index in [0.29, 0.717) is 13.0 Å². The zero-order chi connectivity index (χ0) is 10.4. The molecule has 0 unspecified atom stereocenters. The van der Waals surface area contributed by atoms with E-state index in [4.69, 9.17) is 4.74 Å². The Balaban J connectivity index is 2.50. The number of anilines is 1. The van der Waals surface area contributed by atoms with Crippen LogP contribution < -0.4 is 5.32 Å². The summed E-state index contributed by atoms with van der Waals surface area (Å²) in [6, 6.07) is 7.59. The zero-order valence-electron chi connectivity index (χ0n) is 8.49. The third-order valence-corrected chi connectivity index (χ3v) is 1.76. The summed E-state index contributed by atoms with van der Waals surface area (Å²) in [5.41, 5.74) is 1.91. The fourth-order valence-electron chi connectivity index (χ4n) is 1.03. The molecule has 3 nitrogen and oxygen atoms in total. The fourth-order valence-corrected chi connectivity index (χ4v) is 1.03. The van der Waals surface area contributed by atoms with Crippen LogP contribution >= 0.6 is 0 Å². The van der Waals surface area contributed by atoms with Crippen LogP contribution in [0.5, 0.6) is 0 Å². The second-order valence-electron chi connectivity index (χ2n) is 3.32. The van der Waals surface area contributed by atoms with Gasteiger partial charge in [0.1, 0.15) is 0 Å². The van der Waals surface area contributed by atoms with E-state index < -0.39 is 0 Å². The first-order valence-corrected chi connectivity index (χ1v) is 4.63. The van der Waals surface area contributed by atoms with Crippen LogP contribution in [0.25, 0.3) is 0 Å². The largest absolute Gasteiger partial charge is 0.374 e. The topological polar surface area (TPSA) is 38.3 Å². The van der Waals surface area contributed by atoms with Crippen LogP contribution in [0.15, 0.2) is 24.3 Å². The van der Waals surface area contributed by atoms with Crippen molar-refractivity contribution >= 4 is 12.1 Å². The lowest BCUT2D eigenvalue weighted by Crippen LogP contribution is -2.02. The zero-order valence-corrected chi connectivity index (χ0v) is 8.49. The molecule has 76 valence electrons. The molecule has 0 saturated carbocycles. The molecule has 0 heterocycles. The number of benzene rings is 1. The van der Waals surface area contributed by atoms with E-state index >= 15 is 0 Å². The van der Waals surface area contributed by atoms with Crippen molar-refractivity contribution < 1.29 is 9.53 Å². The summed E-state index contributed by atoms with van der Waals surface area (Å²) in [6.45, 7) is 4.61. The van der Waals surface area contributed by atoms with Crippen LogP contribution in [0.2, 0.25) is 0 Å². The van der Waals surface area contributed by atoms with E-state index in [2.05, 4.69) is 5.32 Å². The molecule has 0 aliphatic rings. The number of nitrogens with one attached hydrogen (secondary N) is 1. The van der Waals surface area contributed by atoms with Gasteiger partial charge in [-0.3, -0.25) is 4.79 Å². The van der Waals surface area contributed by atoms with Crippen LogP contribution in [-0.4, -0.2) is 12.5 Å². The first-order chi connectivity index (χ1) is 6.72. The number of ether oxygens (including phenoxy) is 1. The predicted molar refractivity (Wildman–Crippen MR) is 56.1 cm³/mol. The van der Waals surface area contributed by atoms with E-state index in [1.807, 2.05) is 38.1 Å². The normalized spacial score (nSPS) is 10.2. The van der Waals surface area contributed by atoms with Crippen LogP contribution in [0.4, 0.5) is 5.69 Å². The maximum absolute atomic E-state index is 10.1. The van der Waals surface area contributed by atoms with Crippen molar-refractivity contribution in [2.75, 3.05) is 5.32 Å². The molecule has 0 spiro atoms. The van der Waals surface area contributed by atoms with Crippen molar-refractivity contribution in [3.63, 3.8) is 0 Å². The molecular formula is C11H15NO2. The molecule has 1 aromatic rings. The smallest absolute Gasteiger partial charge is 0.211 e. The van der Waals surface area contributed by atoms with E-state index in [1.165, 1.54) is 0 Å². The first kappa shape index (κ1) is 10.7. The fraction of sp³-hybridized carbons (Fsp3) is 0.364. The van der Waals surface area contributed by atoms with Crippen molar-refractivity contribution in [3.8, 4) is 0 Å². The minimum atomic E-state index is 0.239. The highest BCUT2D eigenvalue weighted by atomic mass is 16.5. The highest BCUT2D eigenvalue weighted by Gasteiger charge is 1.96. The summed E-state index contributed by atoms with van der Waals surface area (Å²) in [5.74, 6) is 0. The van der Waals surface area contributed by atoms with Gasteiger partial charge in [-0.05, 0) is 31.5 Å². The minimum absolute atomic E-state index is 0.239. The van der Waals surface area contributed by atoms with E-state index in [0.717, 1.165) is 11.3 Å². The van der Waals surface area contributed by atoms with Gasteiger partial charge in [-0.15, -0.1) is 0 Å². The lowest BCUT2D eigenvalue weighted by molar-refractivity contribution is -0.105. The van der Waals surface area contributed by atoms with Crippen LogP contribution in [0, 0.1) is 0 Å². The Labute approximate surface area is 84.1 Å². The summed E-state index contributed by atoms with van der Waals surface area (Å²) in [6.07, 6.45) is 0.905. The molecule has 0 atom stereocenters. The second kappa shape index (κ2) is 5.40. The Bertz CT molecular complexity index is 280. The molecule has 0 saturated heterocycles. The van der Waals surface area contributed by atoms with E-state index in [1.54, 1.807) is 0 Å². The molecule has 0 fully saturated rings. The summed E-state index contributed by atoms with van der Waals surface area (Å²) < 4.78 is 5.44. The molecular weight excluding hydrogens is 178 g/mol. The Morgan fingerprint density at radius 1 is 1.36 bits per heavy atom. The lowest BCUT2D eigenvalue weighted by atomic mass is 10.2. The van der Waals surface area contributed by atoms with Gasteiger partial charge < -0.3 is 10.1 Å². The van der Waals surface area contributed by atoms with Gasteiger partial charge in [-0.2, -0.15) is 0 Å². The van der Waals surface area contributed by atoms with Gasteiger partial charge >= 0.3 is 0 Å². The summed E-state index contributed by atoms with van der Waals surface area (Å²) in [4.78, 5) is 10.1. The average Bonchev–Trinajstić information content (AvgIpc) is 2.17. The van der Waals surface area contributed by atoms with Crippen LogP contribution in [0.1, 0.15) is 19.4 Å². The van der Waals surface area contributed by atoms with Gasteiger partial charge in [-0.25, -0.2) is 0 Å². The molecule has 0 bridgehead atoms. The molecule has 1 N–H and O–H groups in total. The number of hydrogen-bond donors (Lipinski definition) is 1. The number of rotatable bonds is 5. The van der Waals surface area contributed by atoms with Crippen molar-refractivity contribution in [2.45, 2.75) is 26.6 Å². The molecule has 1 rings (SSSR count). The van der Waals surface area contributed by atoms with Crippen LogP contribution in [0.3, 0.4) is 0 Å². The predicted octanol–water partition coefficient (Wildman–Crippen LogP) is 2.18. The van der Waals surface area contributed by atoms with Gasteiger partial charge in [0, 0.05) is 5.69 Å². The highest BCUT2D eigenvalue weighted by Crippen LogP contribution is 2.10. The quantitative estimate of drug-likeness (QED) is 0.728. The third-order valence-electron chi connectivity index (χ3n) is 1.76. The summed E-state index contributed by atoms with van der Waals surface area (Å²) in [7, 11) is 0. The lowest BCUT2D eigenvalue weighted by Gasteiger charge is -2.07. The molecule has 1 aromatic carbocycles. The molecule has 3 heteroatoms. The SMILES string of the molecule is CC(C)OCc1ccc(NC=O)cc1. The number of carbonyl (C=O) groups is 1. The molecule has 0 aliphatic heterocycles. The maximum atomic E-state index is 10.1. The first-order valence-electron chi connectivity index (χ1n) is 4.63. The van der Waals surface area contributed by atoms with E-state index in [-0.39, 0.29) is 6.10 Å². The minimum Gasteiger partial charge on any atom is -0.374 e. The molecule has 0 aromatic heterocycles. The van der Waals surface area contributed by atoms with Gasteiger partial charge in [0.15, 0.2) is 0 Å². The summed E-state index contributed by atoms with van der Waals surface area (Å²) in [5, 5.41) is 2.58. The highest BCUT2D eigenvalue weighted by molar-refractivity contribution is 5.70. The summed E-state index contributed by atoms with van der Waals surface area (Å²) >= 11 is 0. The van der Waals surface area contributed by atoms with Crippen molar-refractivity contribution in [1.29, 1.82) is 0 Å². The molecule has 14 heavy (non-hydrogen) atoms. The Kier molecular flexibility index (Phi) is 4.13. The number of hydrogen-bond acceptors (Lipinski definition) is 2. The number of carbonyl (C=O) groups excluding carboxylic acids is 1. The van der Waals surface area contributed by atoms with Crippen molar-refractivity contribution in [2.24, 2.45) is 0 Å². The average molecular weight is 193 g/mol. The van der Waals surface area contributed by atoms with Crippen LogP contribution in [-0.2, 0) is 16.1 Å². The maximum Gasteiger partial charge on any atom is 0.211 e. The Morgan fingerprint density at radius 3 is 2.50 bits per heavy atom.